The van der Waals surface area contributed by atoms with Crippen LogP contribution in [0.25, 0.3) is 0 Å². The van der Waals surface area contributed by atoms with E-state index in [0.29, 0.717) is 22.9 Å². The Morgan fingerprint density at radius 1 is 0.655 bits per heavy atom. The second-order valence-electron chi connectivity index (χ2n) is 12.1. The third-order valence-corrected chi connectivity index (χ3v) is 9.27. The average Bonchev–Trinajstić information content (AvgIpc) is 3.09. The van der Waals surface area contributed by atoms with Crippen LogP contribution >= 0.6 is 0 Å². The molecule has 0 radical (unpaired) electrons. The van der Waals surface area contributed by atoms with E-state index in [0.717, 1.165) is 18.1 Å². The van der Waals surface area contributed by atoms with Gasteiger partial charge >= 0.3 is 0 Å². The summed E-state index contributed by atoms with van der Waals surface area (Å²) in [5, 5.41) is 0. The molecule has 0 aromatic carbocycles. The first kappa shape index (κ1) is 22.0. The number of rotatable bonds is 6. The summed E-state index contributed by atoms with van der Waals surface area (Å²) >= 11 is 0. The fourth-order valence-electron chi connectivity index (χ4n) is 6.93. The normalized spacial score (nSPS) is 35.2. The van der Waals surface area contributed by atoms with Gasteiger partial charge in [-0.3, -0.25) is 9.80 Å². The van der Waals surface area contributed by atoms with Crippen molar-refractivity contribution in [3.8, 4) is 0 Å². The zero-order valence-corrected chi connectivity index (χ0v) is 20.5. The molecule has 0 N–H and O–H groups in total. The smallest absolute Gasteiger partial charge is 0.0194 e. The highest BCUT2D eigenvalue weighted by atomic mass is 15.3. The Balaban J connectivity index is 1.33. The summed E-state index contributed by atoms with van der Waals surface area (Å²) in [6, 6.07) is 3.63. The largest absolute Gasteiger partial charge is 0.301 e. The highest BCUT2D eigenvalue weighted by Gasteiger charge is 2.56. The van der Waals surface area contributed by atoms with E-state index in [1.807, 2.05) is 0 Å². The standard InChI is InChI=1S/C25H48N4/c1-19(2)27-13-10-25(17-27)18-29(21(5)6)23(25)14-22(7)26-11-8-24(9-12-26)15-28(16-24)20(3)4/h19-23H,8-18H2,1-7H3. The van der Waals surface area contributed by atoms with Crippen molar-refractivity contribution in [3.05, 3.63) is 0 Å². The van der Waals surface area contributed by atoms with Crippen LogP contribution in [0.4, 0.5) is 0 Å². The quantitative estimate of drug-likeness (QED) is 0.668. The van der Waals surface area contributed by atoms with E-state index >= 15 is 0 Å². The number of hydrogen-bond donors (Lipinski definition) is 0. The molecule has 4 aliphatic rings. The van der Waals surface area contributed by atoms with E-state index in [1.165, 1.54) is 71.5 Å². The lowest BCUT2D eigenvalue weighted by molar-refractivity contribution is -0.107. The lowest BCUT2D eigenvalue weighted by Gasteiger charge is -2.60. The van der Waals surface area contributed by atoms with Crippen molar-refractivity contribution in [3.63, 3.8) is 0 Å². The second-order valence-corrected chi connectivity index (χ2v) is 12.1. The molecule has 4 aliphatic heterocycles. The van der Waals surface area contributed by atoms with Gasteiger partial charge in [0, 0.05) is 61.8 Å². The van der Waals surface area contributed by atoms with Gasteiger partial charge in [0.2, 0.25) is 0 Å². The monoisotopic (exact) mass is 404 g/mol. The lowest BCUT2D eigenvalue weighted by Crippen LogP contribution is -2.69. The molecule has 4 heterocycles. The molecule has 4 heteroatoms. The maximum absolute atomic E-state index is 2.84. The van der Waals surface area contributed by atoms with Crippen LogP contribution in [-0.2, 0) is 0 Å². The summed E-state index contributed by atoms with van der Waals surface area (Å²) in [7, 11) is 0. The van der Waals surface area contributed by atoms with Crippen LogP contribution in [0.1, 0.15) is 74.1 Å². The van der Waals surface area contributed by atoms with Crippen LogP contribution in [0.3, 0.4) is 0 Å². The van der Waals surface area contributed by atoms with Gasteiger partial charge < -0.3 is 9.80 Å². The molecule has 4 rings (SSSR count). The zero-order valence-electron chi connectivity index (χ0n) is 20.5. The second kappa shape index (κ2) is 8.07. The molecule has 168 valence electrons. The topological polar surface area (TPSA) is 13.0 Å². The van der Waals surface area contributed by atoms with Crippen molar-refractivity contribution in [2.45, 2.75) is 104 Å². The van der Waals surface area contributed by atoms with Gasteiger partial charge in [-0.25, -0.2) is 0 Å². The van der Waals surface area contributed by atoms with Crippen molar-refractivity contribution in [2.75, 3.05) is 45.8 Å². The first-order valence-corrected chi connectivity index (χ1v) is 12.6. The zero-order chi connectivity index (χ0) is 21.0. The summed E-state index contributed by atoms with van der Waals surface area (Å²) < 4.78 is 0. The van der Waals surface area contributed by atoms with Gasteiger partial charge in [-0.1, -0.05) is 0 Å². The maximum Gasteiger partial charge on any atom is 0.0194 e. The van der Waals surface area contributed by atoms with Crippen LogP contribution in [0.5, 0.6) is 0 Å². The molecule has 3 unspecified atom stereocenters. The molecule has 4 saturated heterocycles. The molecule has 0 saturated carbocycles. The summed E-state index contributed by atoms with van der Waals surface area (Å²) in [6.07, 6.45) is 5.63. The molecule has 0 bridgehead atoms. The summed E-state index contributed by atoms with van der Waals surface area (Å²) in [5.41, 5.74) is 1.23. The van der Waals surface area contributed by atoms with Crippen LogP contribution in [0.2, 0.25) is 0 Å². The Hall–Kier alpha value is -0.160. The Morgan fingerprint density at radius 3 is 1.76 bits per heavy atom. The van der Waals surface area contributed by atoms with Gasteiger partial charge in [-0.15, -0.1) is 0 Å². The summed E-state index contributed by atoms with van der Waals surface area (Å²) in [5.74, 6) is 0. The summed E-state index contributed by atoms with van der Waals surface area (Å²) in [6.45, 7) is 26.1. The highest BCUT2D eigenvalue weighted by Crippen LogP contribution is 2.49. The van der Waals surface area contributed by atoms with Gasteiger partial charge in [0.15, 0.2) is 0 Å². The first-order chi connectivity index (χ1) is 13.6. The Bertz CT molecular complexity index is 557. The molecule has 2 spiro atoms. The van der Waals surface area contributed by atoms with E-state index < -0.39 is 0 Å². The van der Waals surface area contributed by atoms with Gasteiger partial charge in [0.1, 0.15) is 0 Å². The van der Waals surface area contributed by atoms with Crippen molar-refractivity contribution >= 4 is 0 Å². The Kier molecular flexibility index (Phi) is 6.14. The number of hydrogen-bond acceptors (Lipinski definition) is 4. The van der Waals surface area contributed by atoms with Gasteiger partial charge in [-0.2, -0.15) is 0 Å². The molecule has 4 nitrogen and oxygen atoms in total. The third-order valence-electron chi connectivity index (χ3n) is 9.27. The van der Waals surface area contributed by atoms with Crippen molar-refractivity contribution in [1.29, 1.82) is 0 Å². The van der Waals surface area contributed by atoms with E-state index in [-0.39, 0.29) is 0 Å². The fourth-order valence-corrected chi connectivity index (χ4v) is 6.93. The predicted molar refractivity (Wildman–Crippen MR) is 123 cm³/mol. The minimum absolute atomic E-state index is 0.575. The minimum Gasteiger partial charge on any atom is -0.301 e. The number of nitrogens with zero attached hydrogens (tertiary/aromatic N) is 4. The molecule has 0 aromatic heterocycles. The molecule has 29 heavy (non-hydrogen) atoms. The van der Waals surface area contributed by atoms with Crippen LogP contribution < -0.4 is 0 Å². The molecular weight excluding hydrogens is 356 g/mol. The summed E-state index contributed by atoms with van der Waals surface area (Å²) in [4.78, 5) is 11.1. The van der Waals surface area contributed by atoms with Gasteiger partial charge in [-0.05, 0) is 99.2 Å². The molecule has 3 atom stereocenters. The minimum atomic E-state index is 0.575. The molecule has 0 aliphatic carbocycles. The predicted octanol–water partition coefficient (Wildman–Crippen LogP) is 3.76. The lowest BCUT2D eigenvalue weighted by atomic mass is 9.67. The van der Waals surface area contributed by atoms with Gasteiger partial charge in [0.05, 0.1) is 0 Å². The Morgan fingerprint density at radius 2 is 1.24 bits per heavy atom. The molecule has 0 amide bonds. The van der Waals surface area contributed by atoms with E-state index in [2.05, 4.69) is 68.1 Å². The van der Waals surface area contributed by atoms with Crippen molar-refractivity contribution < 1.29 is 0 Å². The Labute approximate surface area is 181 Å². The third kappa shape index (κ3) is 4.04. The molecule has 4 fully saturated rings. The van der Waals surface area contributed by atoms with Gasteiger partial charge in [0.25, 0.3) is 0 Å². The number of likely N-dealkylation sites (tertiary alicyclic amines) is 4. The van der Waals surface area contributed by atoms with E-state index in [1.54, 1.807) is 0 Å². The molecular formula is C25H48N4. The van der Waals surface area contributed by atoms with Crippen LogP contribution in [0.15, 0.2) is 0 Å². The van der Waals surface area contributed by atoms with Crippen molar-refractivity contribution in [1.82, 2.24) is 19.6 Å². The fraction of sp³-hybridized carbons (Fsp3) is 1.00. The maximum atomic E-state index is 2.84. The van der Waals surface area contributed by atoms with E-state index in [4.69, 9.17) is 0 Å². The van der Waals surface area contributed by atoms with Crippen LogP contribution in [-0.4, -0.2) is 95.6 Å². The van der Waals surface area contributed by atoms with Crippen molar-refractivity contribution in [2.24, 2.45) is 10.8 Å². The number of piperidine rings is 1. The van der Waals surface area contributed by atoms with Crippen LogP contribution in [0, 0.1) is 10.8 Å². The first-order valence-electron chi connectivity index (χ1n) is 12.6. The molecule has 0 aromatic rings. The van der Waals surface area contributed by atoms with E-state index in [9.17, 15) is 0 Å². The highest BCUT2D eigenvalue weighted by molar-refractivity contribution is 5.11. The SMILES string of the molecule is CC(C)N1CC2(CCN(C(C)CC3N(C(C)C)CC34CCN(C(C)C)C4)CC2)C1. The average molecular weight is 405 g/mol.